The first kappa shape index (κ1) is 16.6. The summed E-state index contributed by atoms with van der Waals surface area (Å²) in [4.78, 5) is 20.3. The Labute approximate surface area is 145 Å². The predicted octanol–water partition coefficient (Wildman–Crippen LogP) is 3.72. The number of carbonyl (C=O) groups is 1. The molecule has 25 heavy (non-hydrogen) atoms. The van der Waals surface area contributed by atoms with Crippen LogP contribution in [0, 0.1) is 0 Å². The van der Waals surface area contributed by atoms with Crippen molar-refractivity contribution >= 4 is 11.7 Å². The minimum Gasteiger partial charge on any atom is -0.335 e. The van der Waals surface area contributed by atoms with Gasteiger partial charge in [-0.15, -0.1) is 0 Å². The summed E-state index contributed by atoms with van der Waals surface area (Å²) in [6.07, 6.45) is 4.20. The smallest absolute Gasteiger partial charge is 0.319 e. The summed E-state index contributed by atoms with van der Waals surface area (Å²) in [6.45, 7) is 3.97. The Hall–Kier alpha value is -3.22. The highest BCUT2D eigenvalue weighted by Gasteiger charge is 2.12. The molecule has 2 aromatic heterocycles. The van der Waals surface area contributed by atoms with Crippen LogP contribution in [-0.4, -0.2) is 27.2 Å². The maximum absolute atomic E-state index is 11.9. The van der Waals surface area contributed by atoms with Crippen molar-refractivity contribution in [3.8, 4) is 22.8 Å². The number of hydrogen-bond acceptors (Lipinski definition) is 5. The molecule has 0 aliphatic carbocycles. The molecule has 0 bridgehead atoms. The molecule has 1 aromatic carbocycles. The van der Waals surface area contributed by atoms with Crippen molar-refractivity contribution in [1.82, 2.24) is 20.4 Å². The van der Waals surface area contributed by atoms with Crippen LogP contribution >= 0.6 is 0 Å². The van der Waals surface area contributed by atoms with Crippen LogP contribution in [0.5, 0.6) is 0 Å². The van der Waals surface area contributed by atoms with Crippen LogP contribution < -0.4 is 10.6 Å². The van der Waals surface area contributed by atoms with Gasteiger partial charge in [-0.25, -0.2) is 4.79 Å². The average molecular weight is 337 g/mol. The molecule has 2 heterocycles. The molecular weight excluding hydrogens is 318 g/mol. The van der Waals surface area contributed by atoms with Crippen molar-refractivity contribution in [3.63, 3.8) is 0 Å². The standard InChI is InChI=1S/C18H19N5O2/c1-3-12(2)20-18(24)21-15-6-4-5-14(11-15)16-22-17(25-23-16)13-7-9-19-10-8-13/h4-12H,3H2,1-2H3,(H2,20,21,24)/t12-/m0/s1. The van der Waals surface area contributed by atoms with E-state index in [0.29, 0.717) is 17.4 Å². The molecule has 7 heteroatoms. The van der Waals surface area contributed by atoms with Gasteiger partial charge in [-0.2, -0.15) is 4.98 Å². The van der Waals surface area contributed by atoms with Crippen LogP contribution in [0.4, 0.5) is 10.5 Å². The van der Waals surface area contributed by atoms with Crippen molar-refractivity contribution in [1.29, 1.82) is 0 Å². The number of nitrogens with zero attached hydrogens (tertiary/aromatic N) is 3. The van der Waals surface area contributed by atoms with Crippen molar-refractivity contribution < 1.29 is 9.32 Å². The molecule has 0 spiro atoms. The fourth-order valence-corrected chi connectivity index (χ4v) is 2.18. The zero-order valence-corrected chi connectivity index (χ0v) is 14.1. The van der Waals surface area contributed by atoms with Crippen LogP contribution in [0.3, 0.4) is 0 Å². The van der Waals surface area contributed by atoms with Gasteiger partial charge >= 0.3 is 6.03 Å². The number of benzene rings is 1. The van der Waals surface area contributed by atoms with Crippen molar-refractivity contribution in [2.75, 3.05) is 5.32 Å². The van der Waals surface area contributed by atoms with E-state index in [1.807, 2.05) is 32.0 Å². The monoisotopic (exact) mass is 337 g/mol. The molecule has 0 aliphatic rings. The van der Waals surface area contributed by atoms with E-state index >= 15 is 0 Å². The molecular formula is C18H19N5O2. The minimum absolute atomic E-state index is 0.114. The van der Waals surface area contributed by atoms with Crippen molar-refractivity contribution in [2.24, 2.45) is 0 Å². The van der Waals surface area contributed by atoms with E-state index in [1.165, 1.54) is 0 Å². The molecule has 2 N–H and O–H groups in total. The lowest BCUT2D eigenvalue weighted by molar-refractivity contribution is 0.249. The van der Waals surface area contributed by atoms with Gasteiger partial charge in [0.25, 0.3) is 5.89 Å². The third-order valence-electron chi connectivity index (χ3n) is 3.72. The third kappa shape index (κ3) is 4.20. The highest BCUT2D eigenvalue weighted by Crippen LogP contribution is 2.23. The SMILES string of the molecule is CC[C@H](C)NC(=O)Nc1cccc(-c2noc(-c3ccncc3)n2)c1. The van der Waals surface area contributed by atoms with E-state index < -0.39 is 0 Å². The average Bonchev–Trinajstić information content (AvgIpc) is 3.12. The van der Waals surface area contributed by atoms with Crippen LogP contribution in [-0.2, 0) is 0 Å². The van der Waals surface area contributed by atoms with Crippen LogP contribution in [0.15, 0.2) is 53.3 Å². The Morgan fingerprint density at radius 3 is 2.76 bits per heavy atom. The largest absolute Gasteiger partial charge is 0.335 e. The number of rotatable bonds is 5. The van der Waals surface area contributed by atoms with Crippen molar-refractivity contribution in [3.05, 3.63) is 48.8 Å². The maximum atomic E-state index is 11.9. The first-order valence-corrected chi connectivity index (χ1v) is 8.07. The molecule has 128 valence electrons. The van der Waals surface area contributed by atoms with E-state index in [2.05, 4.69) is 25.8 Å². The Balaban J connectivity index is 1.76. The van der Waals surface area contributed by atoms with Gasteiger partial charge < -0.3 is 15.2 Å². The normalized spacial score (nSPS) is 11.8. The molecule has 2 amide bonds. The zero-order chi connectivity index (χ0) is 17.6. The summed E-state index contributed by atoms with van der Waals surface area (Å²) in [5.74, 6) is 0.878. The number of anilines is 1. The number of carbonyl (C=O) groups excluding carboxylic acids is 1. The van der Waals surface area contributed by atoms with Crippen LogP contribution in [0.1, 0.15) is 20.3 Å². The highest BCUT2D eigenvalue weighted by molar-refractivity contribution is 5.90. The molecule has 7 nitrogen and oxygen atoms in total. The van der Waals surface area contributed by atoms with E-state index in [0.717, 1.165) is 17.5 Å². The Bertz CT molecular complexity index is 847. The molecule has 0 saturated carbocycles. The molecule has 0 fully saturated rings. The quantitative estimate of drug-likeness (QED) is 0.740. The lowest BCUT2D eigenvalue weighted by atomic mass is 10.2. The summed E-state index contributed by atoms with van der Waals surface area (Å²) in [5.41, 5.74) is 2.22. The van der Waals surface area contributed by atoms with E-state index in [9.17, 15) is 4.79 Å². The zero-order valence-electron chi connectivity index (χ0n) is 14.1. The molecule has 0 aliphatic heterocycles. The Morgan fingerprint density at radius 2 is 2.00 bits per heavy atom. The second-order valence-corrected chi connectivity index (χ2v) is 5.65. The van der Waals surface area contributed by atoms with Gasteiger partial charge in [-0.05, 0) is 37.6 Å². The minimum atomic E-state index is -0.239. The fourth-order valence-electron chi connectivity index (χ4n) is 2.18. The fraction of sp³-hybridized carbons (Fsp3) is 0.222. The molecule has 3 rings (SSSR count). The Kier molecular flexibility index (Phi) is 5.03. The van der Waals surface area contributed by atoms with Gasteiger partial charge in [-0.3, -0.25) is 4.98 Å². The number of hydrogen-bond donors (Lipinski definition) is 2. The lowest BCUT2D eigenvalue weighted by Crippen LogP contribution is -2.35. The summed E-state index contributed by atoms with van der Waals surface area (Å²) < 4.78 is 5.30. The van der Waals surface area contributed by atoms with Crippen LogP contribution in [0.25, 0.3) is 22.8 Å². The van der Waals surface area contributed by atoms with Crippen molar-refractivity contribution in [2.45, 2.75) is 26.3 Å². The lowest BCUT2D eigenvalue weighted by Gasteiger charge is -2.12. The number of nitrogens with one attached hydrogen (secondary N) is 2. The van der Waals surface area contributed by atoms with Crippen LogP contribution in [0.2, 0.25) is 0 Å². The highest BCUT2D eigenvalue weighted by atomic mass is 16.5. The summed E-state index contributed by atoms with van der Waals surface area (Å²) in [5, 5.41) is 9.68. The molecule has 0 saturated heterocycles. The van der Waals surface area contributed by atoms with Gasteiger partial charge in [0.05, 0.1) is 0 Å². The molecule has 0 radical (unpaired) electrons. The second-order valence-electron chi connectivity index (χ2n) is 5.65. The number of aromatic nitrogens is 3. The third-order valence-corrected chi connectivity index (χ3v) is 3.72. The van der Waals surface area contributed by atoms with Gasteiger partial charge in [0.1, 0.15) is 0 Å². The van der Waals surface area contributed by atoms with E-state index in [1.54, 1.807) is 30.6 Å². The first-order chi connectivity index (χ1) is 12.2. The summed E-state index contributed by atoms with van der Waals surface area (Å²) >= 11 is 0. The predicted molar refractivity (Wildman–Crippen MR) is 94.9 cm³/mol. The van der Waals surface area contributed by atoms with E-state index in [4.69, 9.17) is 4.52 Å². The maximum Gasteiger partial charge on any atom is 0.319 e. The van der Waals surface area contributed by atoms with Gasteiger partial charge in [0, 0.05) is 35.2 Å². The molecule has 3 aromatic rings. The van der Waals surface area contributed by atoms with Gasteiger partial charge in [0.15, 0.2) is 0 Å². The Morgan fingerprint density at radius 1 is 1.20 bits per heavy atom. The number of amides is 2. The second kappa shape index (κ2) is 7.57. The van der Waals surface area contributed by atoms with Gasteiger partial charge in [0.2, 0.25) is 5.82 Å². The van der Waals surface area contributed by atoms with E-state index in [-0.39, 0.29) is 12.1 Å². The molecule has 0 unspecified atom stereocenters. The van der Waals surface area contributed by atoms with Gasteiger partial charge in [-0.1, -0.05) is 24.2 Å². The topological polar surface area (TPSA) is 92.9 Å². The molecule has 1 atom stereocenters. The summed E-state index contributed by atoms with van der Waals surface area (Å²) in [7, 11) is 0. The first-order valence-electron chi connectivity index (χ1n) is 8.07. The summed E-state index contributed by atoms with van der Waals surface area (Å²) in [6, 6.07) is 10.8. The number of urea groups is 1. The number of pyridine rings is 1.